The van der Waals surface area contributed by atoms with Crippen molar-refractivity contribution < 1.29 is 14.3 Å². The third-order valence-corrected chi connectivity index (χ3v) is 3.62. The van der Waals surface area contributed by atoms with Crippen LogP contribution in [0.3, 0.4) is 0 Å². The molecule has 1 aliphatic carbocycles. The second-order valence-corrected chi connectivity index (χ2v) is 4.69. The molecule has 0 radical (unpaired) electrons. The van der Waals surface area contributed by atoms with Gasteiger partial charge >= 0.3 is 5.97 Å². The average Bonchev–Trinajstić information content (AvgIpc) is 2.83. The molecule has 0 spiro atoms. The predicted molar refractivity (Wildman–Crippen MR) is 68.6 cm³/mol. The number of rotatable bonds is 4. The number of anilines is 1. The molecule has 1 fully saturated rings. The highest BCUT2D eigenvalue weighted by molar-refractivity contribution is 5.88. The number of carboxylic acids is 1. The standard InChI is InChI=1S/C14H18FNO2/c1-2-16(10-5-3-4-6-10)11-7-8-12(14(17)18)13(15)9-11/h7-10H,2-6H2,1H3,(H,17,18). The molecule has 0 aromatic heterocycles. The number of aromatic carboxylic acids is 1. The lowest BCUT2D eigenvalue weighted by molar-refractivity contribution is 0.0692. The van der Waals surface area contributed by atoms with E-state index in [4.69, 9.17) is 5.11 Å². The van der Waals surface area contributed by atoms with E-state index in [-0.39, 0.29) is 5.56 Å². The molecule has 1 aliphatic rings. The Labute approximate surface area is 106 Å². The molecule has 0 amide bonds. The maximum absolute atomic E-state index is 13.7. The van der Waals surface area contributed by atoms with Gasteiger partial charge in [0.25, 0.3) is 0 Å². The second-order valence-electron chi connectivity index (χ2n) is 4.69. The van der Waals surface area contributed by atoms with E-state index in [1.165, 1.54) is 25.0 Å². The van der Waals surface area contributed by atoms with E-state index in [1.54, 1.807) is 6.07 Å². The summed E-state index contributed by atoms with van der Waals surface area (Å²) in [5.74, 6) is -1.88. The van der Waals surface area contributed by atoms with Gasteiger partial charge in [-0.05, 0) is 38.0 Å². The summed E-state index contributed by atoms with van der Waals surface area (Å²) in [6, 6.07) is 4.86. The number of hydrogen-bond donors (Lipinski definition) is 1. The van der Waals surface area contributed by atoms with Crippen molar-refractivity contribution in [3.8, 4) is 0 Å². The number of carboxylic acid groups (broad SMARTS) is 1. The second kappa shape index (κ2) is 5.38. The topological polar surface area (TPSA) is 40.5 Å². The Kier molecular flexibility index (Phi) is 3.84. The van der Waals surface area contributed by atoms with Crippen LogP contribution in [0.1, 0.15) is 43.0 Å². The van der Waals surface area contributed by atoms with Gasteiger partial charge in [0.1, 0.15) is 5.82 Å². The van der Waals surface area contributed by atoms with Crippen molar-refractivity contribution in [2.24, 2.45) is 0 Å². The molecule has 1 aromatic carbocycles. The van der Waals surface area contributed by atoms with Crippen LogP contribution in [-0.2, 0) is 0 Å². The van der Waals surface area contributed by atoms with E-state index in [2.05, 4.69) is 4.90 Å². The monoisotopic (exact) mass is 251 g/mol. The molecule has 3 nitrogen and oxygen atoms in total. The minimum atomic E-state index is -1.22. The Morgan fingerprint density at radius 2 is 2.11 bits per heavy atom. The summed E-state index contributed by atoms with van der Waals surface area (Å²) in [5, 5.41) is 8.81. The van der Waals surface area contributed by atoms with Crippen molar-refractivity contribution in [1.82, 2.24) is 0 Å². The van der Waals surface area contributed by atoms with Crippen LogP contribution in [0.15, 0.2) is 18.2 Å². The van der Waals surface area contributed by atoms with Gasteiger partial charge in [0, 0.05) is 18.3 Å². The van der Waals surface area contributed by atoms with Crippen molar-refractivity contribution in [3.63, 3.8) is 0 Å². The Balaban J connectivity index is 2.26. The first-order valence-electron chi connectivity index (χ1n) is 6.43. The average molecular weight is 251 g/mol. The molecular formula is C14H18FNO2. The number of carbonyl (C=O) groups is 1. The summed E-state index contributed by atoms with van der Waals surface area (Å²) in [6.45, 7) is 2.86. The molecule has 0 atom stereocenters. The van der Waals surface area contributed by atoms with Crippen LogP contribution in [0, 0.1) is 5.82 Å². The van der Waals surface area contributed by atoms with Gasteiger partial charge in [-0.15, -0.1) is 0 Å². The largest absolute Gasteiger partial charge is 0.478 e. The van der Waals surface area contributed by atoms with Crippen molar-refractivity contribution in [3.05, 3.63) is 29.6 Å². The zero-order valence-electron chi connectivity index (χ0n) is 10.5. The fourth-order valence-electron chi connectivity index (χ4n) is 2.72. The highest BCUT2D eigenvalue weighted by Crippen LogP contribution is 2.29. The van der Waals surface area contributed by atoms with Crippen LogP contribution in [0.5, 0.6) is 0 Å². The van der Waals surface area contributed by atoms with Crippen molar-refractivity contribution in [2.75, 3.05) is 11.4 Å². The summed E-state index contributed by atoms with van der Waals surface area (Å²) >= 11 is 0. The Hall–Kier alpha value is -1.58. The SMILES string of the molecule is CCN(c1ccc(C(=O)O)c(F)c1)C1CCCC1. The van der Waals surface area contributed by atoms with E-state index in [0.29, 0.717) is 6.04 Å². The minimum Gasteiger partial charge on any atom is -0.478 e. The third-order valence-electron chi connectivity index (χ3n) is 3.62. The van der Waals surface area contributed by atoms with Crippen molar-refractivity contribution in [1.29, 1.82) is 0 Å². The molecule has 1 N–H and O–H groups in total. The first kappa shape index (κ1) is 12.9. The molecule has 1 saturated carbocycles. The van der Waals surface area contributed by atoms with Crippen molar-refractivity contribution in [2.45, 2.75) is 38.6 Å². The van der Waals surface area contributed by atoms with Gasteiger partial charge in [0.15, 0.2) is 0 Å². The van der Waals surface area contributed by atoms with Crippen molar-refractivity contribution >= 4 is 11.7 Å². The van der Waals surface area contributed by atoms with Gasteiger partial charge in [-0.1, -0.05) is 12.8 Å². The quantitative estimate of drug-likeness (QED) is 0.892. The fourth-order valence-corrected chi connectivity index (χ4v) is 2.72. The van der Waals surface area contributed by atoms with Crippen LogP contribution in [-0.4, -0.2) is 23.7 Å². The van der Waals surface area contributed by atoms with Crippen LogP contribution >= 0.6 is 0 Å². The summed E-state index contributed by atoms with van der Waals surface area (Å²) in [6.07, 6.45) is 4.71. The van der Waals surface area contributed by atoms with E-state index in [9.17, 15) is 9.18 Å². The number of hydrogen-bond acceptors (Lipinski definition) is 2. The smallest absolute Gasteiger partial charge is 0.338 e. The maximum Gasteiger partial charge on any atom is 0.338 e. The van der Waals surface area contributed by atoms with E-state index < -0.39 is 11.8 Å². The van der Waals surface area contributed by atoms with Gasteiger partial charge < -0.3 is 10.0 Å². The molecule has 0 unspecified atom stereocenters. The first-order valence-corrected chi connectivity index (χ1v) is 6.43. The summed E-state index contributed by atoms with van der Waals surface area (Å²) in [4.78, 5) is 12.9. The lowest BCUT2D eigenvalue weighted by Gasteiger charge is -2.30. The first-order chi connectivity index (χ1) is 8.63. The molecule has 18 heavy (non-hydrogen) atoms. The molecule has 0 bridgehead atoms. The van der Waals surface area contributed by atoms with E-state index in [1.807, 2.05) is 6.92 Å². The third kappa shape index (κ3) is 2.47. The summed E-state index contributed by atoms with van der Waals surface area (Å²) in [7, 11) is 0. The lowest BCUT2D eigenvalue weighted by atomic mass is 10.1. The van der Waals surface area contributed by atoms with Crippen LogP contribution < -0.4 is 4.90 Å². The lowest BCUT2D eigenvalue weighted by Crippen LogP contribution is -2.33. The minimum absolute atomic E-state index is 0.263. The summed E-state index contributed by atoms with van der Waals surface area (Å²) < 4.78 is 13.7. The van der Waals surface area contributed by atoms with Gasteiger partial charge in [-0.3, -0.25) is 0 Å². The maximum atomic E-state index is 13.7. The zero-order valence-corrected chi connectivity index (χ0v) is 10.5. The molecule has 2 rings (SSSR count). The van der Waals surface area contributed by atoms with Gasteiger partial charge in [0.05, 0.1) is 5.56 Å². The predicted octanol–water partition coefficient (Wildman–Crippen LogP) is 3.29. The van der Waals surface area contributed by atoms with Gasteiger partial charge in [-0.2, -0.15) is 0 Å². The molecular weight excluding hydrogens is 233 g/mol. The summed E-state index contributed by atoms with van der Waals surface area (Å²) in [5.41, 5.74) is 0.521. The normalized spacial score (nSPS) is 15.9. The van der Waals surface area contributed by atoms with Crippen LogP contribution in [0.25, 0.3) is 0 Å². The van der Waals surface area contributed by atoms with Gasteiger partial charge in [-0.25, -0.2) is 9.18 Å². The van der Waals surface area contributed by atoms with E-state index in [0.717, 1.165) is 25.1 Å². The van der Waals surface area contributed by atoms with E-state index >= 15 is 0 Å². The molecule has 0 heterocycles. The zero-order chi connectivity index (χ0) is 13.1. The molecule has 4 heteroatoms. The fraction of sp³-hybridized carbons (Fsp3) is 0.500. The molecule has 0 saturated heterocycles. The number of nitrogens with zero attached hydrogens (tertiary/aromatic N) is 1. The Morgan fingerprint density at radius 1 is 1.44 bits per heavy atom. The molecule has 0 aliphatic heterocycles. The molecule has 1 aromatic rings. The van der Waals surface area contributed by atoms with Crippen LogP contribution in [0.2, 0.25) is 0 Å². The highest BCUT2D eigenvalue weighted by Gasteiger charge is 2.22. The Bertz CT molecular complexity index is 441. The highest BCUT2D eigenvalue weighted by atomic mass is 19.1. The number of benzene rings is 1. The van der Waals surface area contributed by atoms with Crippen LogP contribution in [0.4, 0.5) is 10.1 Å². The van der Waals surface area contributed by atoms with Gasteiger partial charge in [0.2, 0.25) is 0 Å². The molecule has 98 valence electrons. The number of halogens is 1. The Morgan fingerprint density at radius 3 is 2.61 bits per heavy atom.